The second-order valence-corrected chi connectivity index (χ2v) is 6.08. The smallest absolute Gasteiger partial charge is 0.0737 e. The van der Waals surface area contributed by atoms with Gasteiger partial charge in [0.25, 0.3) is 0 Å². The molecule has 0 amide bonds. The Balaban J connectivity index is 2.07. The molecule has 2 aromatic rings. The molecule has 88 valence electrons. The van der Waals surface area contributed by atoms with E-state index in [9.17, 15) is 0 Å². The minimum atomic E-state index is -0.600. The first-order chi connectivity index (χ1) is 8.95. The fraction of sp³-hybridized carbons (Fsp3) is 0.0667. The third-order valence-electron chi connectivity index (χ3n) is 2.77. The summed E-state index contributed by atoms with van der Waals surface area (Å²) >= 11 is 0. The number of aromatic nitrogens is 2. The number of nitrogens with zero attached hydrogens (tertiary/aromatic N) is 2. The molecule has 3 rings (SSSR count). The zero-order chi connectivity index (χ0) is 12.2. The lowest BCUT2D eigenvalue weighted by Gasteiger charge is -2.16. The summed E-state index contributed by atoms with van der Waals surface area (Å²) in [7, 11) is -0.600. The van der Waals surface area contributed by atoms with Gasteiger partial charge in [0.15, 0.2) is 0 Å². The van der Waals surface area contributed by atoms with Crippen LogP contribution in [0.1, 0.15) is 6.42 Å². The molecule has 1 aliphatic carbocycles. The van der Waals surface area contributed by atoms with E-state index in [2.05, 4.69) is 40.3 Å². The van der Waals surface area contributed by atoms with Gasteiger partial charge in [-0.3, -0.25) is 9.97 Å². The second-order valence-electron chi connectivity index (χ2n) is 3.98. The second kappa shape index (κ2) is 5.24. The third kappa shape index (κ3) is 2.25. The van der Waals surface area contributed by atoms with Crippen LogP contribution in [-0.4, -0.2) is 9.97 Å². The predicted molar refractivity (Wildman–Crippen MR) is 76.5 cm³/mol. The van der Waals surface area contributed by atoms with Crippen LogP contribution < -0.4 is 10.9 Å². The van der Waals surface area contributed by atoms with E-state index in [1.807, 2.05) is 36.7 Å². The van der Waals surface area contributed by atoms with Crippen molar-refractivity contribution in [3.05, 3.63) is 72.3 Å². The number of pyridine rings is 2. The van der Waals surface area contributed by atoms with E-state index in [1.54, 1.807) is 0 Å². The van der Waals surface area contributed by atoms with E-state index in [0.717, 1.165) is 17.3 Å². The number of allylic oxidation sites excluding steroid dienone is 4. The molecule has 0 saturated heterocycles. The van der Waals surface area contributed by atoms with Crippen LogP contribution in [-0.2, 0) is 0 Å². The van der Waals surface area contributed by atoms with Gasteiger partial charge in [-0.2, -0.15) is 0 Å². The quantitative estimate of drug-likeness (QED) is 0.785. The predicted octanol–water partition coefficient (Wildman–Crippen LogP) is 2.75. The highest BCUT2D eigenvalue weighted by Gasteiger charge is 2.20. The molecule has 0 unspecified atom stereocenters. The Hall–Kier alpha value is -1.79. The minimum Gasteiger partial charge on any atom is -0.256 e. The van der Waals surface area contributed by atoms with E-state index >= 15 is 0 Å². The summed E-state index contributed by atoms with van der Waals surface area (Å²) in [5, 5.41) is 1.35. The minimum absolute atomic E-state index is 0.600. The maximum atomic E-state index is 4.51. The fourth-order valence-electron chi connectivity index (χ4n) is 1.97. The van der Waals surface area contributed by atoms with Crippen LogP contribution in [0, 0.1) is 0 Å². The van der Waals surface area contributed by atoms with Gasteiger partial charge in [-0.1, -0.05) is 30.4 Å². The van der Waals surface area contributed by atoms with Crippen LogP contribution in [0.2, 0.25) is 0 Å². The van der Waals surface area contributed by atoms with Gasteiger partial charge in [0.1, 0.15) is 0 Å². The highest BCUT2D eigenvalue weighted by atomic mass is 31.1. The first-order valence-electron chi connectivity index (χ1n) is 5.94. The van der Waals surface area contributed by atoms with Gasteiger partial charge in [0.2, 0.25) is 0 Å². The standard InChI is InChI=1S/C15H13N2P/c1-2-8-13(7-1)18(14-9-3-5-11-16-14)15-10-4-6-12-17-15/h1,3-12H,2H2. The molecule has 0 saturated carbocycles. The molecule has 0 aliphatic heterocycles. The molecule has 0 radical (unpaired) electrons. The molecule has 18 heavy (non-hydrogen) atoms. The monoisotopic (exact) mass is 252 g/mol. The Morgan fingerprint density at radius 3 is 2.00 bits per heavy atom. The molecule has 0 fully saturated rings. The van der Waals surface area contributed by atoms with Crippen molar-refractivity contribution in [2.45, 2.75) is 6.42 Å². The molecule has 0 atom stereocenters. The maximum Gasteiger partial charge on any atom is 0.0737 e. The zero-order valence-electron chi connectivity index (χ0n) is 9.90. The number of hydrogen-bond donors (Lipinski definition) is 0. The SMILES string of the molecule is C1=CC(P(c2ccccn2)c2ccccn2)=CC1. The van der Waals surface area contributed by atoms with Crippen molar-refractivity contribution in [2.75, 3.05) is 0 Å². The lowest BCUT2D eigenvalue weighted by atomic mass is 10.5. The molecule has 0 spiro atoms. The van der Waals surface area contributed by atoms with Gasteiger partial charge in [0, 0.05) is 20.3 Å². The first kappa shape index (κ1) is 11.3. The van der Waals surface area contributed by atoms with Crippen molar-refractivity contribution in [3.63, 3.8) is 0 Å². The molecule has 2 aromatic heterocycles. The van der Waals surface area contributed by atoms with Crippen molar-refractivity contribution in [3.8, 4) is 0 Å². The lowest BCUT2D eigenvalue weighted by molar-refractivity contribution is 1.37. The average Bonchev–Trinajstić information content (AvgIpc) is 2.95. The van der Waals surface area contributed by atoms with E-state index in [1.165, 1.54) is 5.31 Å². The first-order valence-corrected chi connectivity index (χ1v) is 7.28. The van der Waals surface area contributed by atoms with E-state index in [4.69, 9.17) is 0 Å². The summed E-state index contributed by atoms with van der Waals surface area (Å²) in [6.07, 6.45) is 11.4. The van der Waals surface area contributed by atoms with E-state index in [0.29, 0.717) is 0 Å². The van der Waals surface area contributed by atoms with E-state index < -0.39 is 7.92 Å². The highest BCUT2D eigenvalue weighted by Crippen LogP contribution is 2.43. The molecule has 0 bridgehead atoms. The summed E-state index contributed by atoms with van der Waals surface area (Å²) in [6, 6.07) is 12.2. The normalized spacial score (nSPS) is 13.9. The van der Waals surface area contributed by atoms with Crippen molar-refractivity contribution in [1.82, 2.24) is 9.97 Å². The van der Waals surface area contributed by atoms with E-state index in [-0.39, 0.29) is 0 Å². The third-order valence-corrected chi connectivity index (χ3v) is 5.06. The Morgan fingerprint density at radius 1 is 0.889 bits per heavy atom. The largest absolute Gasteiger partial charge is 0.256 e. The van der Waals surface area contributed by atoms with Crippen LogP contribution in [0.15, 0.2) is 72.3 Å². The van der Waals surface area contributed by atoms with Crippen LogP contribution in [0.5, 0.6) is 0 Å². The van der Waals surface area contributed by atoms with Crippen LogP contribution in [0.25, 0.3) is 0 Å². The molecule has 3 heteroatoms. The average molecular weight is 252 g/mol. The van der Waals surface area contributed by atoms with Crippen LogP contribution in [0.3, 0.4) is 0 Å². The van der Waals surface area contributed by atoms with Crippen molar-refractivity contribution in [2.24, 2.45) is 0 Å². The maximum absolute atomic E-state index is 4.51. The molecule has 0 N–H and O–H groups in total. The summed E-state index contributed by atoms with van der Waals surface area (Å²) in [5.74, 6) is 0. The van der Waals surface area contributed by atoms with Gasteiger partial charge in [-0.15, -0.1) is 0 Å². The van der Waals surface area contributed by atoms with Crippen molar-refractivity contribution < 1.29 is 0 Å². The molecular weight excluding hydrogens is 239 g/mol. The Kier molecular flexibility index (Phi) is 3.29. The molecular formula is C15H13N2P. The summed E-state index contributed by atoms with van der Waals surface area (Å²) in [4.78, 5) is 9.03. The Labute approximate surface area is 108 Å². The van der Waals surface area contributed by atoms with Gasteiger partial charge in [-0.05, 0) is 36.0 Å². The van der Waals surface area contributed by atoms with Crippen molar-refractivity contribution >= 4 is 18.8 Å². The number of hydrogen-bond acceptors (Lipinski definition) is 2. The Bertz CT molecular complexity index is 536. The number of rotatable bonds is 3. The van der Waals surface area contributed by atoms with Crippen molar-refractivity contribution in [1.29, 1.82) is 0 Å². The molecule has 2 nitrogen and oxygen atoms in total. The topological polar surface area (TPSA) is 25.8 Å². The molecule has 1 aliphatic rings. The summed E-state index contributed by atoms with van der Waals surface area (Å²) in [5.41, 5.74) is 2.23. The van der Waals surface area contributed by atoms with Crippen LogP contribution >= 0.6 is 7.92 Å². The molecule has 2 heterocycles. The zero-order valence-corrected chi connectivity index (χ0v) is 10.8. The van der Waals surface area contributed by atoms with Crippen LogP contribution in [0.4, 0.5) is 0 Å². The highest BCUT2D eigenvalue weighted by molar-refractivity contribution is 7.76. The summed E-state index contributed by atoms with van der Waals surface area (Å²) < 4.78 is 0. The van der Waals surface area contributed by atoms with Gasteiger partial charge in [-0.25, -0.2) is 0 Å². The van der Waals surface area contributed by atoms with Gasteiger partial charge < -0.3 is 0 Å². The van der Waals surface area contributed by atoms with Gasteiger partial charge in [0.05, 0.1) is 10.9 Å². The Morgan fingerprint density at radius 2 is 1.56 bits per heavy atom. The summed E-state index contributed by atoms with van der Waals surface area (Å²) in [6.45, 7) is 0. The molecule has 0 aromatic carbocycles. The fourth-order valence-corrected chi connectivity index (χ4v) is 4.11. The lowest BCUT2D eigenvalue weighted by Crippen LogP contribution is -2.17. The van der Waals surface area contributed by atoms with Gasteiger partial charge >= 0.3 is 0 Å².